The summed E-state index contributed by atoms with van der Waals surface area (Å²) in [6, 6.07) is 6.81. The molecule has 1 rings (SSSR count). The largest absolute Gasteiger partial charge is 0.870 e. The summed E-state index contributed by atoms with van der Waals surface area (Å²) >= 11 is 0. The molecule has 5 heteroatoms. The Morgan fingerprint density at radius 2 is 1.69 bits per heavy atom. The van der Waals surface area contributed by atoms with Gasteiger partial charge in [0.2, 0.25) is 0 Å². The van der Waals surface area contributed by atoms with Gasteiger partial charge in [-0.15, -0.1) is 0 Å². The molecule has 4 nitrogen and oxygen atoms in total. The summed E-state index contributed by atoms with van der Waals surface area (Å²) in [7, 11) is 5.41. The predicted octanol–water partition coefficient (Wildman–Crippen LogP) is -0.246. The van der Waals surface area contributed by atoms with Crippen LogP contribution < -0.4 is 5.46 Å². The van der Waals surface area contributed by atoms with Gasteiger partial charge < -0.3 is 11.0 Å². The molecule has 0 radical (unpaired) electrons. The molecule has 0 aromatic heterocycles. The average molecular weight is 180 g/mol. The van der Waals surface area contributed by atoms with Crippen LogP contribution >= 0.6 is 0 Å². The summed E-state index contributed by atoms with van der Waals surface area (Å²) in [6.45, 7) is 0. The summed E-state index contributed by atoms with van der Waals surface area (Å²) in [5.41, 5.74) is 1.42. The quantitative estimate of drug-likeness (QED) is 0.634. The monoisotopic (exact) mass is 180 g/mol. The van der Waals surface area contributed by atoms with Crippen molar-refractivity contribution in [3.63, 3.8) is 0 Å². The van der Waals surface area contributed by atoms with Gasteiger partial charge in [0.05, 0.1) is 0 Å². The zero-order valence-corrected chi connectivity index (χ0v) is 6.84. The second-order valence-electron chi connectivity index (χ2n) is 2.31. The number of carboxylic acid groups (broad SMARTS) is 1. The van der Waals surface area contributed by atoms with E-state index in [1.807, 2.05) is 0 Å². The Kier molecular flexibility index (Phi) is 6.80. The third-order valence-electron chi connectivity index (χ3n) is 1.34. The molecular weight excluding hydrogens is 171 g/mol. The predicted molar refractivity (Wildman–Crippen MR) is 47.0 cm³/mol. The van der Waals surface area contributed by atoms with E-state index in [0.717, 1.165) is 5.56 Å². The minimum absolute atomic E-state index is 0. The first-order valence-electron chi connectivity index (χ1n) is 3.24. The topological polar surface area (TPSA) is 97.3 Å². The molecule has 1 aromatic rings. The van der Waals surface area contributed by atoms with E-state index >= 15 is 0 Å². The zero-order chi connectivity index (χ0) is 8.27. The van der Waals surface area contributed by atoms with E-state index in [0.29, 0.717) is 5.46 Å². The summed E-state index contributed by atoms with van der Waals surface area (Å²) in [4.78, 5) is 10.2. The number of hydrogen-bond acceptors (Lipinski definition) is 3. The van der Waals surface area contributed by atoms with Crippen LogP contribution in [0.15, 0.2) is 24.3 Å². The summed E-state index contributed by atoms with van der Waals surface area (Å²) in [5.74, 6) is -0.824. The molecule has 0 atom stereocenters. The first kappa shape index (κ1) is 14.2. The normalized spacial score (nSPS) is 8.15. The molecule has 13 heavy (non-hydrogen) atoms. The molecule has 0 aliphatic carbocycles. The first-order chi connectivity index (χ1) is 5.18. The van der Waals surface area contributed by atoms with Crippen LogP contribution in [0.1, 0.15) is 5.56 Å². The standard InChI is InChI=1S/C8H7BO2.2H2O/c9-7-3-1-6(2-4-7)5-8(10)11;;/h1-4H,5H2,(H,10,11);2*1H2/q+2;;/p-2. The van der Waals surface area contributed by atoms with Gasteiger partial charge >= 0.3 is 65.4 Å². The number of rotatable bonds is 2. The second-order valence-corrected chi connectivity index (χ2v) is 2.31. The van der Waals surface area contributed by atoms with Gasteiger partial charge in [-0.2, -0.15) is 0 Å². The van der Waals surface area contributed by atoms with Crippen LogP contribution in [0.2, 0.25) is 0 Å². The van der Waals surface area contributed by atoms with Gasteiger partial charge in [0.1, 0.15) is 0 Å². The van der Waals surface area contributed by atoms with Crippen LogP contribution in [-0.2, 0) is 11.2 Å². The smallest absolute Gasteiger partial charge is 0.870 e. The van der Waals surface area contributed by atoms with Crippen molar-refractivity contribution in [3.8, 4) is 0 Å². The molecule has 0 fully saturated rings. The Hall–Kier alpha value is -1.33. The molecule has 0 bridgehead atoms. The van der Waals surface area contributed by atoms with Crippen molar-refractivity contribution in [2.45, 2.75) is 6.42 Å². The fourth-order valence-corrected chi connectivity index (χ4v) is 0.810. The molecule has 68 valence electrons. The SMILES string of the molecule is [B+2]c1ccc(CC(=O)O)cc1.[OH-].[OH-]. The molecule has 0 unspecified atom stereocenters. The second kappa shape index (κ2) is 6.22. The van der Waals surface area contributed by atoms with Crippen molar-refractivity contribution in [1.29, 1.82) is 0 Å². The molecule has 0 amide bonds. The number of hydrogen-bond donors (Lipinski definition) is 1. The van der Waals surface area contributed by atoms with E-state index in [-0.39, 0.29) is 17.4 Å². The molecule has 0 aliphatic rings. The van der Waals surface area contributed by atoms with Gasteiger partial charge in [-0.25, -0.2) is 0 Å². The average Bonchev–Trinajstić information content (AvgIpc) is 1.93. The molecule has 0 spiro atoms. The third kappa shape index (κ3) is 5.00. The Balaban J connectivity index is 0. The molecular formula is C8H9BO4. The van der Waals surface area contributed by atoms with Crippen LogP contribution in [0.25, 0.3) is 0 Å². The fourth-order valence-electron chi connectivity index (χ4n) is 0.810. The van der Waals surface area contributed by atoms with E-state index in [2.05, 4.69) is 0 Å². The van der Waals surface area contributed by atoms with Crippen LogP contribution in [-0.4, -0.2) is 29.9 Å². The first-order valence-corrected chi connectivity index (χ1v) is 3.24. The molecule has 0 saturated carbocycles. The molecule has 3 N–H and O–H groups in total. The van der Waals surface area contributed by atoms with Crippen molar-refractivity contribution < 1.29 is 20.9 Å². The minimum Gasteiger partial charge on any atom is -0.870 e. The molecule has 1 aromatic carbocycles. The van der Waals surface area contributed by atoms with Gasteiger partial charge in [0.25, 0.3) is 0 Å². The van der Waals surface area contributed by atoms with Crippen molar-refractivity contribution in [2.75, 3.05) is 0 Å². The van der Waals surface area contributed by atoms with Crippen LogP contribution in [0.3, 0.4) is 0 Å². The number of carbonyl (C=O) groups is 1. The molecule has 0 saturated heterocycles. The van der Waals surface area contributed by atoms with Crippen molar-refractivity contribution in [2.24, 2.45) is 0 Å². The number of benzene rings is 1. The van der Waals surface area contributed by atoms with Crippen LogP contribution in [0, 0.1) is 0 Å². The van der Waals surface area contributed by atoms with Gasteiger partial charge in [0, 0.05) is 0 Å². The van der Waals surface area contributed by atoms with E-state index in [1.54, 1.807) is 24.3 Å². The Morgan fingerprint density at radius 1 is 1.23 bits per heavy atom. The number of aliphatic carboxylic acids is 1. The maximum atomic E-state index is 10.2. The Bertz CT molecular complexity index is 257. The molecule has 0 aliphatic heterocycles. The minimum atomic E-state index is -0.824. The van der Waals surface area contributed by atoms with E-state index in [1.165, 1.54) is 0 Å². The third-order valence-corrected chi connectivity index (χ3v) is 1.34. The summed E-state index contributed by atoms with van der Waals surface area (Å²) in [6.07, 6.45) is 0.0558. The summed E-state index contributed by atoms with van der Waals surface area (Å²) in [5, 5.41) is 8.40. The van der Waals surface area contributed by atoms with Gasteiger partial charge in [-0.3, -0.25) is 0 Å². The zero-order valence-electron chi connectivity index (χ0n) is 6.84. The Morgan fingerprint density at radius 3 is 2.08 bits per heavy atom. The van der Waals surface area contributed by atoms with Crippen LogP contribution in [0.4, 0.5) is 0 Å². The molecule has 0 heterocycles. The van der Waals surface area contributed by atoms with Crippen molar-refractivity contribution in [3.05, 3.63) is 29.8 Å². The van der Waals surface area contributed by atoms with E-state index in [4.69, 9.17) is 13.0 Å². The maximum Gasteiger partial charge on any atom is -0.870 e. The fraction of sp³-hybridized carbons (Fsp3) is 0.125. The number of carboxylic acids is 1. The Labute approximate surface area is 77.2 Å². The van der Waals surface area contributed by atoms with E-state index < -0.39 is 5.97 Å². The van der Waals surface area contributed by atoms with Crippen molar-refractivity contribution in [1.82, 2.24) is 0 Å². The maximum absolute atomic E-state index is 10.2. The van der Waals surface area contributed by atoms with E-state index in [9.17, 15) is 4.79 Å². The van der Waals surface area contributed by atoms with Crippen molar-refractivity contribution >= 4 is 19.3 Å². The van der Waals surface area contributed by atoms with Gasteiger partial charge in [-0.05, 0) is 0 Å². The van der Waals surface area contributed by atoms with Gasteiger partial charge in [-0.1, -0.05) is 0 Å². The van der Waals surface area contributed by atoms with Gasteiger partial charge in [0.15, 0.2) is 0 Å². The summed E-state index contributed by atoms with van der Waals surface area (Å²) < 4.78 is 0. The van der Waals surface area contributed by atoms with Crippen LogP contribution in [0.5, 0.6) is 0 Å².